The van der Waals surface area contributed by atoms with Gasteiger partial charge in [-0.1, -0.05) is 25.6 Å². The second-order valence-electron chi connectivity index (χ2n) is 5.82. The monoisotopic (exact) mass is 299 g/mol. The van der Waals surface area contributed by atoms with Gasteiger partial charge in [-0.25, -0.2) is 0 Å². The Morgan fingerprint density at radius 3 is 2.80 bits per heavy atom. The molecule has 1 N–H and O–H groups in total. The molecule has 2 unspecified atom stereocenters. The van der Waals surface area contributed by atoms with Crippen molar-refractivity contribution in [3.8, 4) is 0 Å². The number of aliphatic imine (C=N–C) groups is 1. The molecule has 20 heavy (non-hydrogen) atoms. The lowest BCUT2D eigenvalue weighted by Gasteiger charge is -2.29. The smallest absolute Gasteiger partial charge is 0.244 e. The van der Waals surface area contributed by atoms with Crippen molar-refractivity contribution in [3.63, 3.8) is 0 Å². The van der Waals surface area contributed by atoms with E-state index >= 15 is 0 Å². The van der Waals surface area contributed by atoms with Gasteiger partial charge in [-0.2, -0.15) is 0 Å². The van der Waals surface area contributed by atoms with Gasteiger partial charge in [0.15, 0.2) is 5.17 Å². The molecule has 5 nitrogen and oxygen atoms in total. The SMILES string of the molecule is CC(C)CC1CN=C(NC(C)C(=O)N2CCOCC2)S1. The Labute approximate surface area is 125 Å². The van der Waals surface area contributed by atoms with Crippen LogP contribution in [0.25, 0.3) is 0 Å². The van der Waals surface area contributed by atoms with Gasteiger partial charge in [0.2, 0.25) is 5.91 Å². The zero-order valence-electron chi connectivity index (χ0n) is 12.6. The van der Waals surface area contributed by atoms with Crippen LogP contribution in [0.4, 0.5) is 0 Å². The Kier molecular flexibility index (Phi) is 5.72. The summed E-state index contributed by atoms with van der Waals surface area (Å²) in [4.78, 5) is 18.7. The van der Waals surface area contributed by atoms with Crippen molar-refractivity contribution >= 4 is 22.8 Å². The third-order valence-corrected chi connectivity index (χ3v) is 4.63. The Morgan fingerprint density at radius 1 is 1.45 bits per heavy atom. The second-order valence-corrected chi connectivity index (χ2v) is 7.11. The van der Waals surface area contributed by atoms with E-state index in [0.29, 0.717) is 37.5 Å². The molecular formula is C14H25N3O2S. The van der Waals surface area contributed by atoms with Crippen LogP contribution < -0.4 is 5.32 Å². The van der Waals surface area contributed by atoms with Crippen molar-refractivity contribution in [2.45, 2.75) is 38.5 Å². The van der Waals surface area contributed by atoms with Gasteiger partial charge in [0, 0.05) is 18.3 Å². The van der Waals surface area contributed by atoms with Gasteiger partial charge in [-0.15, -0.1) is 0 Å². The fourth-order valence-electron chi connectivity index (χ4n) is 2.45. The summed E-state index contributed by atoms with van der Waals surface area (Å²) < 4.78 is 5.27. The fourth-order valence-corrected chi connectivity index (χ4v) is 3.79. The first-order valence-corrected chi connectivity index (χ1v) is 8.28. The van der Waals surface area contributed by atoms with Crippen LogP contribution in [0.1, 0.15) is 27.2 Å². The highest BCUT2D eigenvalue weighted by Gasteiger charge is 2.26. The number of nitrogens with one attached hydrogen (secondary N) is 1. The lowest BCUT2D eigenvalue weighted by atomic mass is 10.1. The molecule has 0 aromatic heterocycles. The van der Waals surface area contributed by atoms with Crippen LogP contribution >= 0.6 is 11.8 Å². The molecule has 2 rings (SSSR count). The topological polar surface area (TPSA) is 53.9 Å². The molecular weight excluding hydrogens is 274 g/mol. The maximum Gasteiger partial charge on any atom is 0.244 e. The number of amidine groups is 1. The highest BCUT2D eigenvalue weighted by atomic mass is 32.2. The minimum absolute atomic E-state index is 0.143. The number of carbonyl (C=O) groups is 1. The molecule has 0 aliphatic carbocycles. The number of amides is 1. The molecule has 2 aliphatic heterocycles. The van der Waals surface area contributed by atoms with Gasteiger partial charge in [-0.05, 0) is 19.3 Å². The largest absolute Gasteiger partial charge is 0.378 e. The molecule has 2 heterocycles. The van der Waals surface area contributed by atoms with E-state index < -0.39 is 0 Å². The normalized spacial score (nSPS) is 24.7. The number of hydrogen-bond donors (Lipinski definition) is 1. The van der Waals surface area contributed by atoms with E-state index in [9.17, 15) is 4.79 Å². The van der Waals surface area contributed by atoms with Crippen LogP contribution in [-0.2, 0) is 9.53 Å². The Bertz CT molecular complexity index is 367. The highest BCUT2D eigenvalue weighted by molar-refractivity contribution is 8.14. The molecule has 6 heteroatoms. The zero-order chi connectivity index (χ0) is 14.5. The van der Waals surface area contributed by atoms with E-state index in [4.69, 9.17) is 4.74 Å². The van der Waals surface area contributed by atoms with Crippen molar-refractivity contribution in [2.75, 3.05) is 32.8 Å². The van der Waals surface area contributed by atoms with E-state index in [0.717, 1.165) is 11.7 Å². The number of hydrogen-bond acceptors (Lipinski definition) is 5. The molecule has 2 aliphatic rings. The van der Waals surface area contributed by atoms with Crippen LogP contribution in [0, 0.1) is 5.92 Å². The van der Waals surface area contributed by atoms with E-state index in [-0.39, 0.29) is 11.9 Å². The van der Waals surface area contributed by atoms with Crippen LogP contribution in [0.15, 0.2) is 4.99 Å². The quantitative estimate of drug-likeness (QED) is 0.851. The predicted octanol–water partition coefficient (Wildman–Crippen LogP) is 1.34. The van der Waals surface area contributed by atoms with Crippen LogP contribution in [0.5, 0.6) is 0 Å². The number of rotatable bonds is 4. The van der Waals surface area contributed by atoms with Crippen molar-refractivity contribution in [1.82, 2.24) is 10.2 Å². The first-order valence-electron chi connectivity index (χ1n) is 7.40. The van der Waals surface area contributed by atoms with E-state index in [1.165, 1.54) is 6.42 Å². The molecule has 0 aromatic carbocycles. The van der Waals surface area contributed by atoms with Gasteiger partial charge in [0.05, 0.1) is 19.8 Å². The average molecular weight is 299 g/mol. The Morgan fingerprint density at radius 2 is 2.15 bits per heavy atom. The van der Waals surface area contributed by atoms with Gasteiger partial charge in [-0.3, -0.25) is 9.79 Å². The molecule has 0 bridgehead atoms. The highest BCUT2D eigenvalue weighted by Crippen LogP contribution is 2.25. The third kappa shape index (κ3) is 4.38. The summed E-state index contributed by atoms with van der Waals surface area (Å²) in [6.07, 6.45) is 1.17. The maximum atomic E-state index is 12.3. The van der Waals surface area contributed by atoms with E-state index in [1.54, 1.807) is 11.8 Å². The Balaban J connectivity index is 1.77. The number of nitrogens with zero attached hydrogens (tertiary/aromatic N) is 2. The lowest BCUT2D eigenvalue weighted by molar-refractivity contribution is -0.136. The fraction of sp³-hybridized carbons (Fsp3) is 0.857. The van der Waals surface area contributed by atoms with Crippen molar-refractivity contribution < 1.29 is 9.53 Å². The van der Waals surface area contributed by atoms with Crippen LogP contribution in [-0.4, -0.2) is 60.1 Å². The van der Waals surface area contributed by atoms with Crippen LogP contribution in [0.2, 0.25) is 0 Å². The van der Waals surface area contributed by atoms with Crippen molar-refractivity contribution in [2.24, 2.45) is 10.9 Å². The number of ether oxygens (including phenoxy) is 1. The molecule has 2 atom stereocenters. The van der Waals surface area contributed by atoms with E-state index in [2.05, 4.69) is 24.2 Å². The molecule has 0 radical (unpaired) electrons. The van der Waals surface area contributed by atoms with Crippen molar-refractivity contribution in [3.05, 3.63) is 0 Å². The molecule has 0 aromatic rings. The summed E-state index contributed by atoms with van der Waals surface area (Å²) in [6.45, 7) is 9.92. The minimum Gasteiger partial charge on any atom is -0.378 e. The van der Waals surface area contributed by atoms with E-state index in [1.807, 2.05) is 11.8 Å². The average Bonchev–Trinajstić information content (AvgIpc) is 2.85. The molecule has 0 spiro atoms. The predicted molar refractivity (Wildman–Crippen MR) is 83.1 cm³/mol. The summed E-state index contributed by atoms with van der Waals surface area (Å²) in [5.41, 5.74) is 0. The summed E-state index contributed by atoms with van der Waals surface area (Å²) in [6, 6.07) is -0.211. The van der Waals surface area contributed by atoms with Gasteiger partial charge in [0.1, 0.15) is 6.04 Å². The summed E-state index contributed by atoms with van der Waals surface area (Å²) in [7, 11) is 0. The third-order valence-electron chi connectivity index (χ3n) is 3.48. The lowest BCUT2D eigenvalue weighted by Crippen LogP contribution is -2.50. The summed E-state index contributed by atoms with van der Waals surface area (Å²) in [5, 5.41) is 4.74. The van der Waals surface area contributed by atoms with Crippen molar-refractivity contribution in [1.29, 1.82) is 0 Å². The maximum absolute atomic E-state index is 12.3. The molecule has 1 amide bonds. The molecule has 0 saturated carbocycles. The first kappa shape index (κ1) is 15.6. The number of thioether (sulfide) groups is 1. The number of morpholine rings is 1. The first-order chi connectivity index (χ1) is 9.56. The summed E-state index contributed by atoms with van der Waals surface area (Å²) in [5.74, 6) is 0.832. The van der Waals surface area contributed by atoms with Crippen LogP contribution in [0.3, 0.4) is 0 Å². The Hall–Kier alpha value is -0.750. The zero-order valence-corrected chi connectivity index (χ0v) is 13.4. The summed E-state index contributed by atoms with van der Waals surface area (Å²) >= 11 is 1.77. The van der Waals surface area contributed by atoms with Gasteiger partial charge in [0.25, 0.3) is 0 Å². The van der Waals surface area contributed by atoms with Gasteiger partial charge >= 0.3 is 0 Å². The molecule has 1 saturated heterocycles. The minimum atomic E-state index is -0.211. The van der Waals surface area contributed by atoms with Gasteiger partial charge < -0.3 is 15.0 Å². The standard InChI is InChI=1S/C14H25N3O2S/c1-10(2)8-12-9-15-14(20-12)16-11(3)13(18)17-4-6-19-7-5-17/h10-12H,4-9H2,1-3H3,(H,15,16). The molecule has 114 valence electrons. The second kappa shape index (κ2) is 7.31. The molecule has 1 fully saturated rings. The number of carbonyl (C=O) groups excluding carboxylic acids is 1.